The molecule has 2 N–H and O–H groups in total. The molecule has 5 atom stereocenters. The Kier molecular flexibility index (Phi) is 3.64. The summed E-state index contributed by atoms with van der Waals surface area (Å²) in [5.74, 6) is 2.12. The molecular weight excluding hydrogens is 302 g/mol. The van der Waals surface area contributed by atoms with Crippen molar-refractivity contribution in [3.05, 3.63) is 30.3 Å². The molecule has 0 saturated heterocycles. The van der Waals surface area contributed by atoms with Crippen LogP contribution in [0.4, 0.5) is 0 Å². The molecule has 5 rings (SSSR count). The van der Waals surface area contributed by atoms with E-state index < -0.39 is 11.2 Å². The number of benzene rings is 1. The number of para-hydroxylation sites is 1. The lowest BCUT2D eigenvalue weighted by Crippen LogP contribution is -2.63. The molecule has 1 aromatic rings. The van der Waals surface area contributed by atoms with E-state index in [2.05, 4.69) is 5.32 Å². The first-order valence-corrected chi connectivity index (χ1v) is 9.12. The summed E-state index contributed by atoms with van der Waals surface area (Å²) in [5.41, 5.74) is -1.37. The predicted molar refractivity (Wildman–Crippen MR) is 91.6 cm³/mol. The summed E-state index contributed by atoms with van der Waals surface area (Å²) in [6.07, 6.45) is 4.92. The van der Waals surface area contributed by atoms with Gasteiger partial charge in [0.1, 0.15) is 5.75 Å². The van der Waals surface area contributed by atoms with Crippen LogP contribution in [0.15, 0.2) is 30.3 Å². The second-order valence-electron chi connectivity index (χ2n) is 8.62. The van der Waals surface area contributed by atoms with Gasteiger partial charge in [-0.3, -0.25) is 4.79 Å². The van der Waals surface area contributed by atoms with Gasteiger partial charge in [0.2, 0.25) is 0 Å². The zero-order valence-electron chi connectivity index (χ0n) is 14.5. The molecular formula is C20H27NO3. The number of hydrogen-bond donors (Lipinski definition) is 2. The van der Waals surface area contributed by atoms with Gasteiger partial charge in [-0.25, -0.2) is 0 Å². The standard InChI is InChI=1S/C20H27NO3/c1-19(2,24-16-6-4-3-5-7-16)18(22)21-17-14-8-13-9-15(17)12-20(23,10-13)11-14/h3-7,13-15,17,23H,8-12H2,1-2H3,(H,21,22)/t13?,14-,15+,17+,20+. The van der Waals surface area contributed by atoms with E-state index in [4.69, 9.17) is 4.74 Å². The lowest BCUT2D eigenvalue weighted by molar-refractivity contribution is -0.152. The van der Waals surface area contributed by atoms with E-state index in [0.29, 0.717) is 23.5 Å². The number of hydrogen-bond acceptors (Lipinski definition) is 3. The van der Waals surface area contributed by atoms with Crippen LogP contribution in [0.5, 0.6) is 5.75 Å². The summed E-state index contributed by atoms with van der Waals surface area (Å²) in [6.45, 7) is 3.64. The highest BCUT2D eigenvalue weighted by molar-refractivity contribution is 5.85. The van der Waals surface area contributed by atoms with E-state index in [1.54, 1.807) is 0 Å². The molecule has 0 heterocycles. The van der Waals surface area contributed by atoms with Gasteiger partial charge in [0, 0.05) is 6.04 Å². The number of rotatable bonds is 4. The van der Waals surface area contributed by atoms with Gasteiger partial charge in [-0.15, -0.1) is 0 Å². The van der Waals surface area contributed by atoms with E-state index >= 15 is 0 Å². The normalized spacial score (nSPS) is 37.3. The van der Waals surface area contributed by atoms with Gasteiger partial charge in [-0.2, -0.15) is 0 Å². The summed E-state index contributed by atoms with van der Waals surface area (Å²) in [5, 5.41) is 13.9. The van der Waals surface area contributed by atoms with Crippen LogP contribution in [0, 0.1) is 17.8 Å². The van der Waals surface area contributed by atoms with E-state index in [1.165, 1.54) is 0 Å². The van der Waals surface area contributed by atoms with Gasteiger partial charge < -0.3 is 15.2 Å². The Morgan fingerprint density at radius 1 is 1.17 bits per heavy atom. The van der Waals surface area contributed by atoms with E-state index in [9.17, 15) is 9.90 Å². The zero-order chi connectivity index (χ0) is 16.9. The third-order valence-corrected chi connectivity index (χ3v) is 6.20. The van der Waals surface area contributed by atoms with Crippen LogP contribution in [-0.2, 0) is 4.79 Å². The maximum absolute atomic E-state index is 12.8. The average molecular weight is 329 g/mol. The SMILES string of the molecule is CC(C)(Oc1ccccc1)C(=O)N[C@H]1[C@@H]2CC3C[C@H]1C[C@](O)(C3)C2. The van der Waals surface area contributed by atoms with E-state index in [-0.39, 0.29) is 11.9 Å². The Hall–Kier alpha value is -1.55. The minimum atomic E-state index is -0.910. The second-order valence-corrected chi connectivity index (χ2v) is 8.62. The molecule has 4 heteroatoms. The fourth-order valence-corrected chi connectivity index (χ4v) is 5.37. The fourth-order valence-electron chi connectivity index (χ4n) is 5.37. The topological polar surface area (TPSA) is 58.6 Å². The molecule has 1 amide bonds. The van der Waals surface area contributed by atoms with Crippen LogP contribution in [0.2, 0.25) is 0 Å². The first-order valence-electron chi connectivity index (χ1n) is 9.12. The van der Waals surface area contributed by atoms with Gasteiger partial charge in [-0.1, -0.05) is 18.2 Å². The van der Waals surface area contributed by atoms with Crippen molar-refractivity contribution in [2.45, 2.75) is 63.2 Å². The van der Waals surface area contributed by atoms with Crippen molar-refractivity contribution in [3.63, 3.8) is 0 Å². The molecule has 130 valence electrons. The summed E-state index contributed by atoms with van der Waals surface area (Å²) < 4.78 is 5.92. The Bertz CT molecular complexity index is 611. The van der Waals surface area contributed by atoms with Crippen LogP contribution < -0.4 is 10.1 Å². The predicted octanol–water partition coefficient (Wildman–Crippen LogP) is 2.90. The van der Waals surface area contributed by atoms with Crippen LogP contribution >= 0.6 is 0 Å². The summed E-state index contributed by atoms with van der Waals surface area (Å²) in [6, 6.07) is 9.66. The van der Waals surface area contributed by atoms with Crippen molar-refractivity contribution in [1.29, 1.82) is 0 Å². The number of amides is 1. The third-order valence-electron chi connectivity index (χ3n) is 6.20. The van der Waals surface area contributed by atoms with Crippen LogP contribution in [-0.4, -0.2) is 28.3 Å². The summed E-state index contributed by atoms with van der Waals surface area (Å²) in [4.78, 5) is 12.8. The van der Waals surface area contributed by atoms with Gasteiger partial charge >= 0.3 is 0 Å². The molecule has 4 saturated carbocycles. The number of carbonyl (C=O) groups is 1. The molecule has 24 heavy (non-hydrogen) atoms. The fraction of sp³-hybridized carbons (Fsp3) is 0.650. The Morgan fingerprint density at radius 3 is 2.38 bits per heavy atom. The first kappa shape index (κ1) is 15.9. The van der Waals surface area contributed by atoms with E-state index in [1.807, 2.05) is 44.2 Å². The van der Waals surface area contributed by atoms with Crippen LogP contribution in [0.3, 0.4) is 0 Å². The highest BCUT2D eigenvalue weighted by Gasteiger charge is 2.55. The quantitative estimate of drug-likeness (QED) is 0.893. The van der Waals surface area contributed by atoms with Crippen molar-refractivity contribution in [2.75, 3.05) is 0 Å². The number of aliphatic hydroxyl groups is 1. The highest BCUT2D eigenvalue weighted by Crippen LogP contribution is 2.55. The van der Waals surface area contributed by atoms with Gasteiger partial charge in [-0.05, 0) is 75.8 Å². The van der Waals surface area contributed by atoms with Crippen molar-refractivity contribution in [1.82, 2.24) is 5.32 Å². The molecule has 4 bridgehead atoms. The molecule has 4 aliphatic rings. The third kappa shape index (κ3) is 2.81. The Labute approximate surface area is 143 Å². The zero-order valence-corrected chi connectivity index (χ0v) is 14.5. The van der Waals surface area contributed by atoms with Crippen molar-refractivity contribution in [3.8, 4) is 5.75 Å². The highest BCUT2D eigenvalue weighted by atomic mass is 16.5. The average Bonchev–Trinajstić information content (AvgIpc) is 2.49. The Balaban J connectivity index is 1.44. The monoisotopic (exact) mass is 329 g/mol. The molecule has 1 aromatic carbocycles. The number of nitrogens with one attached hydrogen (secondary N) is 1. The van der Waals surface area contributed by atoms with Gasteiger partial charge in [0.25, 0.3) is 5.91 Å². The lowest BCUT2D eigenvalue weighted by Gasteiger charge is -2.58. The molecule has 0 aliphatic heterocycles. The smallest absolute Gasteiger partial charge is 0.263 e. The van der Waals surface area contributed by atoms with Crippen LogP contribution in [0.1, 0.15) is 46.0 Å². The summed E-state index contributed by atoms with van der Waals surface area (Å²) >= 11 is 0. The van der Waals surface area contributed by atoms with Crippen LogP contribution in [0.25, 0.3) is 0 Å². The van der Waals surface area contributed by atoms with E-state index in [0.717, 1.165) is 32.1 Å². The van der Waals surface area contributed by atoms with Crippen molar-refractivity contribution >= 4 is 5.91 Å². The molecule has 4 aliphatic carbocycles. The van der Waals surface area contributed by atoms with Gasteiger partial charge in [0.15, 0.2) is 5.60 Å². The first-order chi connectivity index (χ1) is 11.3. The molecule has 4 fully saturated rings. The maximum Gasteiger partial charge on any atom is 0.263 e. The second kappa shape index (κ2) is 5.48. The molecule has 0 aromatic heterocycles. The van der Waals surface area contributed by atoms with Gasteiger partial charge in [0.05, 0.1) is 5.60 Å². The van der Waals surface area contributed by atoms with Crippen molar-refractivity contribution < 1.29 is 14.6 Å². The largest absolute Gasteiger partial charge is 0.478 e. The number of ether oxygens (including phenoxy) is 1. The molecule has 4 nitrogen and oxygen atoms in total. The number of carbonyl (C=O) groups excluding carboxylic acids is 1. The molecule has 1 unspecified atom stereocenters. The summed E-state index contributed by atoms with van der Waals surface area (Å²) in [7, 11) is 0. The lowest BCUT2D eigenvalue weighted by atomic mass is 9.52. The minimum Gasteiger partial charge on any atom is -0.478 e. The minimum absolute atomic E-state index is 0.0594. The van der Waals surface area contributed by atoms with Crippen molar-refractivity contribution in [2.24, 2.45) is 17.8 Å². The molecule has 0 spiro atoms. The maximum atomic E-state index is 12.8. The Morgan fingerprint density at radius 2 is 1.79 bits per heavy atom. The molecule has 0 radical (unpaired) electrons.